The molecule has 9 heteroatoms. The number of fused-ring (bicyclic) bond motifs is 1. The number of rotatable bonds is 5. The number of nitrogens with zero attached hydrogens (tertiary/aromatic N) is 3. The first kappa shape index (κ1) is 22.8. The molecule has 3 aliphatic rings. The van der Waals surface area contributed by atoms with Gasteiger partial charge in [-0.25, -0.2) is 4.98 Å². The summed E-state index contributed by atoms with van der Waals surface area (Å²) in [5, 5.41) is 15.9. The van der Waals surface area contributed by atoms with Crippen LogP contribution in [0.2, 0.25) is 5.02 Å². The lowest BCUT2D eigenvalue weighted by Gasteiger charge is -2.45. The summed E-state index contributed by atoms with van der Waals surface area (Å²) in [5.74, 6) is 1.43. The van der Waals surface area contributed by atoms with Gasteiger partial charge in [0.05, 0.1) is 41.8 Å². The van der Waals surface area contributed by atoms with Crippen LogP contribution in [0.5, 0.6) is 0 Å². The van der Waals surface area contributed by atoms with Crippen LogP contribution in [0.4, 0.5) is 11.5 Å². The predicted octanol–water partition coefficient (Wildman–Crippen LogP) is 3.50. The quantitative estimate of drug-likeness (QED) is 0.558. The minimum absolute atomic E-state index is 0.0323. The maximum atomic E-state index is 12.7. The molecule has 4 heterocycles. The largest absolute Gasteiger partial charge is 0.469 e. The Kier molecular flexibility index (Phi) is 5.72. The van der Waals surface area contributed by atoms with Crippen LogP contribution in [0.3, 0.4) is 0 Å². The molecule has 1 saturated carbocycles. The first-order chi connectivity index (χ1) is 16.9. The van der Waals surface area contributed by atoms with Gasteiger partial charge >= 0.3 is 0 Å². The molecule has 0 bridgehead atoms. The van der Waals surface area contributed by atoms with Crippen molar-refractivity contribution in [2.24, 2.45) is 5.92 Å². The van der Waals surface area contributed by atoms with Gasteiger partial charge in [0.15, 0.2) is 0 Å². The molecule has 0 radical (unpaired) electrons. The Morgan fingerprint density at radius 3 is 2.77 bits per heavy atom. The minimum Gasteiger partial charge on any atom is -0.469 e. The Morgan fingerprint density at radius 2 is 2.06 bits per heavy atom. The summed E-state index contributed by atoms with van der Waals surface area (Å²) in [6.07, 6.45) is 3.71. The van der Waals surface area contributed by atoms with Gasteiger partial charge in [0.2, 0.25) is 5.91 Å². The fraction of sp³-hybridized carbons (Fsp3) is 0.462. The smallest absolute Gasteiger partial charge is 0.229 e. The van der Waals surface area contributed by atoms with Crippen molar-refractivity contribution < 1.29 is 19.1 Å². The third-order valence-corrected chi connectivity index (χ3v) is 8.11. The monoisotopic (exact) mass is 496 g/mol. The molecule has 8 nitrogen and oxygen atoms in total. The van der Waals surface area contributed by atoms with Crippen molar-refractivity contribution in [2.75, 3.05) is 49.6 Å². The van der Waals surface area contributed by atoms with Crippen LogP contribution in [0.15, 0.2) is 47.2 Å². The van der Waals surface area contributed by atoms with Crippen LogP contribution >= 0.6 is 11.6 Å². The maximum Gasteiger partial charge on any atom is 0.229 e. The molecule has 1 aliphatic carbocycles. The van der Waals surface area contributed by atoms with E-state index in [4.69, 9.17) is 20.8 Å². The fourth-order valence-corrected chi connectivity index (χ4v) is 5.69. The van der Waals surface area contributed by atoms with E-state index < -0.39 is 6.10 Å². The Hall–Kier alpha value is -2.65. The number of halogens is 1. The number of aromatic nitrogens is 1. The molecule has 35 heavy (non-hydrogen) atoms. The van der Waals surface area contributed by atoms with Crippen molar-refractivity contribution in [3.05, 3.63) is 53.6 Å². The number of pyridine rings is 1. The van der Waals surface area contributed by atoms with Gasteiger partial charge in [-0.05, 0) is 49.1 Å². The molecule has 2 unspecified atom stereocenters. The number of nitrogens with one attached hydrogen (secondary N) is 1. The normalized spacial score (nSPS) is 29.0. The van der Waals surface area contributed by atoms with Crippen molar-refractivity contribution >= 4 is 39.8 Å². The average Bonchev–Trinajstić information content (AvgIpc) is 3.32. The number of aliphatic hydroxyl groups excluding tert-OH is 1. The van der Waals surface area contributed by atoms with E-state index in [1.807, 2.05) is 24.3 Å². The Balaban J connectivity index is 1.15. The van der Waals surface area contributed by atoms with E-state index in [0.29, 0.717) is 24.1 Å². The second-order valence-corrected chi connectivity index (χ2v) is 10.4. The first-order valence-corrected chi connectivity index (χ1v) is 12.5. The number of piperazine rings is 1. The molecule has 2 aliphatic heterocycles. The molecular weight excluding hydrogens is 468 g/mol. The van der Waals surface area contributed by atoms with Crippen LogP contribution < -0.4 is 10.2 Å². The van der Waals surface area contributed by atoms with Crippen LogP contribution in [0.1, 0.15) is 25.0 Å². The number of aliphatic hydroxyl groups is 1. The third kappa shape index (κ3) is 4.18. The average molecular weight is 497 g/mol. The van der Waals surface area contributed by atoms with Crippen molar-refractivity contribution in [1.82, 2.24) is 9.88 Å². The van der Waals surface area contributed by atoms with Crippen LogP contribution in [0.25, 0.3) is 10.8 Å². The molecule has 2 aromatic heterocycles. The lowest BCUT2D eigenvalue weighted by molar-refractivity contribution is -0.117. The van der Waals surface area contributed by atoms with Gasteiger partial charge in [-0.1, -0.05) is 11.6 Å². The Bertz CT molecular complexity index is 1240. The number of furan rings is 1. The number of ether oxygens (including phenoxy) is 1. The van der Waals surface area contributed by atoms with Gasteiger partial charge in [-0.2, -0.15) is 0 Å². The highest BCUT2D eigenvalue weighted by Gasteiger charge is 2.46. The molecule has 1 aromatic carbocycles. The Morgan fingerprint density at radius 1 is 1.23 bits per heavy atom. The lowest BCUT2D eigenvalue weighted by atomic mass is 9.95. The Labute approximate surface area is 208 Å². The van der Waals surface area contributed by atoms with E-state index in [-0.39, 0.29) is 23.3 Å². The molecule has 3 fully saturated rings. The molecule has 0 spiro atoms. The zero-order valence-electron chi connectivity index (χ0n) is 19.6. The van der Waals surface area contributed by atoms with E-state index in [1.165, 1.54) is 0 Å². The van der Waals surface area contributed by atoms with Crippen LogP contribution in [-0.4, -0.2) is 71.9 Å². The molecule has 1 amide bonds. The lowest BCUT2D eigenvalue weighted by Crippen LogP contribution is -2.60. The molecular formula is C26H29ClN4O4. The molecule has 4 atom stereocenters. The topological polar surface area (TPSA) is 91.1 Å². The van der Waals surface area contributed by atoms with Gasteiger partial charge < -0.3 is 24.5 Å². The van der Waals surface area contributed by atoms with Crippen molar-refractivity contribution in [2.45, 2.75) is 30.9 Å². The van der Waals surface area contributed by atoms with Crippen LogP contribution in [-0.2, 0) is 9.53 Å². The number of hydrogen-bond donors (Lipinski definition) is 2. The van der Waals surface area contributed by atoms with E-state index >= 15 is 0 Å². The summed E-state index contributed by atoms with van der Waals surface area (Å²) in [7, 11) is 0. The number of carbonyl (C=O) groups is 1. The van der Waals surface area contributed by atoms with Crippen molar-refractivity contribution in [1.29, 1.82) is 0 Å². The van der Waals surface area contributed by atoms with Gasteiger partial charge in [0.1, 0.15) is 11.6 Å². The number of amides is 1. The first-order valence-electron chi connectivity index (χ1n) is 12.1. The van der Waals surface area contributed by atoms with Gasteiger partial charge in [0, 0.05) is 49.6 Å². The minimum atomic E-state index is -0.468. The van der Waals surface area contributed by atoms with E-state index in [9.17, 15) is 9.90 Å². The molecule has 6 rings (SSSR count). The number of hydrogen-bond acceptors (Lipinski definition) is 7. The second-order valence-electron chi connectivity index (χ2n) is 10.0. The predicted molar refractivity (Wildman–Crippen MR) is 134 cm³/mol. The third-order valence-electron chi connectivity index (χ3n) is 7.81. The molecule has 2 saturated heterocycles. The zero-order chi connectivity index (χ0) is 24.2. The highest BCUT2D eigenvalue weighted by molar-refractivity contribution is 6.34. The number of benzene rings is 1. The summed E-state index contributed by atoms with van der Waals surface area (Å²) >= 11 is 6.67. The van der Waals surface area contributed by atoms with Crippen LogP contribution in [0, 0.1) is 5.92 Å². The fourth-order valence-electron chi connectivity index (χ4n) is 5.40. The van der Waals surface area contributed by atoms with Gasteiger partial charge in [-0.15, -0.1) is 0 Å². The number of carbonyl (C=O) groups excluding carboxylic acids is 1. The van der Waals surface area contributed by atoms with E-state index in [1.54, 1.807) is 12.5 Å². The molecule has 184 valence electrons. The second kappa shape index (κ2) is 8.78. The summed E-state index contributed by atoms with van der Waals surface area (Å²) in [4.78, 5) is 21.7. The van der Waals surface area contributed by atoms with Gasteiger partial charge in [-0.3, -0.25) is 9.69 Å². The summed E-state index contributed by atoms with van der Waals surface area (Å²) in [5.41, 5.74) is 0.631. The van der Waals surface area contributed by atoms with E-state index in [2.05, 4.69) is 33.1 Å². The highest BCUT2D eigenvalue weighted by atomic mass is 35.5. The zero-order valence-corrected chi connectivity index (χ0v) is 20.4. The standard InChI is InChI=1S/C26H29ClN4O4/c1-26(15-34-14-23(26)32)31-6-4-30(5-7-31)21-10-16-11-24(28-13-17(16)9-20(21)27)29-25(33)19-12-18(19)22-3-2-8-35-22/h2-3,8-11,13,18-19,23,32H,4-7,12,14-15H2,1H3,(H,28,29,33)/t18?,19?,23-,26+/m1/s1. The van der Waals surface area contributed by atoms with E-state index in [0.717, 1.165) is 54.8 Å². The SMILES string of the molecule is C[C@]1(N2CCN(c3cc4cc(NC(=O)C5CC5c5ccco5)ncc4cc3Cl)CC2)COC[C@H]1O. The summed E-state index contributed by atoms with van der Waals surface area (Å²) < 4.78 is 11.0. The van der Waals surface area contributed by atoms with Crippen molar-refractivity contribution in [3.63, 3.8) is 0 Å². The maximum absolute atomic E-state index is 12.7. The van der Waals surface area contributed by atoms with Gasteiger partial charge in [0.25, 0.3) is 0 Å². The number of anilines is 2. The summed E-state index contributed by atoms with van der Waals surface area (Å²) in [6.45, 7) is 6.27. The molecule has 3 aromatic rings. The molecule has 2 N–H and O–H groups in total. The summed E-state index contributed by atoms with van der Waals surface area (Å²) in [6, 6.07) is 9.68. The van der Waals surface area contributed by atoms with Crippen molar-refractivity contribution in [3.8, 4) is 0 Å². The highest BCUT2D eigenvalue weighted by Crippen LogP contribution is 2.48.